The van der Waals surface area contributed by atoms with Crippen LogP contribution < -0.4 is 0 Å². The van der Waals surface area contributed by atoms with Crippen molar-refractivity contribution in [3.63, 3.8) is 0 Å². The van der Waals surface area contributed by atoms with Crippen molar-refractivity contribution in [1.82, 2.24) is 4.90 Å². The van der Waals surface area contributed by atoms with Gasteiger partial charge in [-0.25, -0.2) is 0 Å². The van der Waals surface area contributed by atoms with Gasteiger partial charge in [-0.3, -0.25) is 9.69 Å². The van der Waals surface area contributed by atoms with Gasteiger partial charge in [0.05, 0.1) is 13.7 Å². The Hall–Kier alpha value is -1.35. The summed E-state index contributed by atoms with van der Waals surface area (Å²) in [5, 5.41) is 0. The van der Waals surface area contributed by atoms with Crippen LogP contribution in [0.2, 0.25) is 0 Å². The fraction of sp³-hybridized carbons (Fsp3) is 0.533. The molecule has 3 heteroatoms. The summed E-state index contributed by atoms with van der Waals surface area (Å²) in [6, 6.07) is 10.8. The number of hydrogen-bond donors (Lipinski definition) is 0. The zero-order valence-corrected chi connectivity index (χ0v) is 11.6. The van der Waals surface area contributed by atoms with E-state index in [4.69, 9.17) is 4.74 Å². The number of esters is 1. The Bertz CT molecular complexity index is 349. The molecule has 18 heavy (non-hydrogen) atoms. The zero-order chi connectivity index (χ0) is 13.4. The van der Waals surface area contributed by atoms with Crippen LogP contribution in [0, 0.1) is 0 Å². The number of benzene rings is 1. The van der Waals surface area contributed by atoms with Gasteiger partial charge in [0, 0.05) is 6.04 Å². The molecule has 1 aromatic carbocycles. The third kappa shape index (κ3) is 5.32. The van der Waals surface area contributed by atoms with E-state index in [-0.39, 0.29) is 5.97 Å². The van der Waals surface area contributed by atoms with Crippen molar-refractivity contribution < 1.29 is 9.53 Å². The highest BCUT2D eigenvalue weighted by Gasteiger charge is 2.13. The number of nitrogens with zero attached hydrogens (tertiary/aromatic N) is 1. The molecule has 1 rings (SSSR count). The van der Waals surface area contributed by atoms with Gasteiger partial charge in [0.1, 0.15) is 0 Å². The standard InChI is InChI=1S/C15H23NO2/c1-13(2)16(12-15(17)18-3)11-7-10-14-8-5-4-6-9-14/h4-6,8-9,13H,7,10-12H2,1-3H3. The number of carbonyl (C=O) groups is 1. The summed E-state index contributed by atoms with van der Waals surface area (Å²) in [4.78, 5) is 13.4. The maximum absolute atomic E-state index is 11.3. The van der Waals surface area contributed by atoms with Crippen LogP contribution >= 0.6 is 0 Å². The first kappa shape index (κ1) is 14.7. The molecule has 0 heterocycles. The van der Waals surface area contributed by atoms with Crippen LogP contribution in [0.4, 0.5) is 0 Å². The lowest BCUT2D eigenvalue weighted by atomic mass is 10.1. The molecule has 100 valence electrons. The Balaban J connectivity index is 2.36. The summed E-state index contributed by atoms with van der Waals surface area (Å²) in [6.45, 7) is 5.50. The van der Waals surface area contributed by atoms with E-state index < -0.39 is 0 Å². The number of carbonyl (C=O) groups excluding carboxylic acids is 1. The average Bonchev–Trinajstić information content (AvgIpc) is 2.38. The van der Waals surface area contributed by atoms with Crippen molar-refractivity contribution in [1.29, 1.82) is 0 Å². The SMILES string of the molecule is COC(=O)CN(CCCc1ccccc1)C(C)C. The molecule has 0 fully saturated rings. The molecule has 0 bridgehead atoms. The van der Waals surface area contributed by atoms with Crippen LogP contribution in [0.25, 0.3) is 0 Å². The molecule has 0 saturated heterocycles. The van der Waals surface area contributed by atoms with E-state index in [9.17, 15) is 4.79 Å². The second kappa shape index (κ2) is 7.88. The van der Waals surface area contributed by atoms with Crippen LogP contribution in [-0.2, 0) is 16.0 Å². The van der Waals surface area contributed by atoms with Crippen LogP contribution in [0.5, 0.6) is 0 Å². The van der Waals surface area contributed by atoms with E-state index in [1.807, 2.05) is 6.07 Å². The maximum atomic E-state index is 11.3. The Labute approximate surface area is 110 Å². The number of methoxy groups -OCH3 is 1. The number of hydrogen-bond acceptors (Lipinski definition) is 3. The molecule has 0 amide bonds. The molecule has 0 atom stereocenters. The molecule has 0 N–H and O–H groups in total. The smallest absolute Gasteiger partial charge is 0.319 e. The molecule has 0 aliphatic carbocycles. The Morgan fingerprint density at radius 3 is 2.50 bits per heavy atom. The van der Waals surface area contributed by atoms with Gasteiger partial charge in [0.25, 0.3) is 0 Å². The summed E-state index contributed by atoms with van der Waals surface area (Å²) in [5.41, 5.74) is 1.35. The van der Waals surface area contributed by atoms with Crippen LogP contribution in [0.15, 0.2) is 30.3 Å². The lowest BCUT2D eigenvalue weighted by molar-refractivity contribution is -0.142. The highest BCUT2D eigenvalue weighted by Crippen LogP contribution is 2.06. The van der Waals surface area contributed by atoms with E-state index in [0.717, 1.165) is 19.4 Å². The van der Waals surface area contributed by atoms with Gasteiger partial charge in [-0.2, -0.15) is 0 Å². The lowest BCUT2D eigenvalue weighted by Gasteiger charge is -2.25. The van der Waals surface area contributed by atoms with Crippen molar-refractivity contribution in [2.24, 2.45) is 0 Å². The van der Waals surface area contributed by atoms with Crippen molar-refractivity contribution in [2.45, 2.75) is 32.7 Å². The molecule has 0 aromatic heterocycles. The van der Waals surface area contributed by atoms with Gasteiger partial charge >= 0.3 is 5.97 Å². The van der Waals surface area contributed by atoms with E-state index in [0.29, 0.717) is 12.6 Å². The van der Waals surface area contributed by atoms with Crippen molar-refractivity contribution in [3.8, 4) is 0 Å². The minimum absolute atomic E-state index is 0.164. The fourth-order valence-electron chi connectivity index (χ4n) is 1.88. The minimum Gasteiger partial charge on any atom is -0.468 e. The Morgan fingerprint density at radius 1 is 1.28 bits per heavy atom. The molecule has 0 aliphatic rings. The van der Waals surface area contributed by atoms with Gasteiger partial charge in [0.15, 0.2) is 0 Å². The summed E-state index contributed by atoms with van der Waals surface area (Å²) in [6.07, 6.45) is 2.10. The number of ether oxygens (including phenoxy) is 1. The normalized spacial score (nSPS) is 10.9. The fourth-order valence-corrected chi connectivity index (χ4v) is 1.88. The number of aryl methyl sites for hydroxylation is 1. The third-order valence-electron chi connectivity index (χ3n) is 3.04. The van der Waals surface area contributed by atoms with E-state index in [1.165, 1.54) is 12.7 Å². The number of rotatable bonds is 7. The molecule has 1 aromatic rings. The topological polar surface area (TPSA) is 29.5 Å². The maximum Gasteiger partial charge on any atom is 0.319 e. The second-order valence-corrected chi connectivity index (χ2v) is 4.73. The zero-order valence-electron chi connectivity index (χ0n) is 11.6. The van der Waals surface area contributed by atoms with Gasteiger partial charge in [-0.05, 0) is 38.8 Å². The molecule has 0 aliphatic heterocycles. The average molecular weight is 249 g/mol. The van der Waals surface area contributed by atoms with Gasteiger partial charge in [-0.15, -0.1) is 0 Å². The monoisotopic (exact) mass is 249 g/mol. The van der Waals surface area contributed by atoms with E-state index >= 15 is 0 Å². The summed E-state index contributed by atoms with van der Waals surface area (Å²) >= 11 is 0. The largest absolute Gasteiger partial charge is 0.468 e. The molecule has 0 unspecified atom stereocenters. The van der Waals surface area contributed by atoms with Gasteiger partial charge in [0.2, 0.25) is 0 Å². The van der Waals surface area contributed by atoms with Crippen molar-refractivity contribution in [3.05, 3.63) is 35.9 Å². The highest BCUT2D eigenvalue weighted by atomic mass is 16.5. The predicted octanol–water partition coefficient (Wildman–Crippen LogP) is 2.50. The first-order chi connectivity index (χ1) is 8.63. The predicted molar refractivity (Wildman–Crippen MR) is 73.5 cm³/mol. The highest BCUT2D eigenvalue weighted by molar-refractivity contribution is 5.71. The Kier molecular flexibility index (Phi) is 6.44. The van der Waals surface area contributed by atoms with E-state index in [1.54, 1.807) is 0 Å². The molecule has 0 spiro atoms. The summed E-state index contributed by atoms with van der Waals surface area (Å²) in [5.74, 6) is -0.164. The first-order valence-electron chi connectivity index (χ1n) is 6.48. The third-order valence-corrected chi connectivity index (χ3v) is 3.04. The van der Waals surface area contributed by atoms with Crippen molar-refractivity contribution in [2.75, 3.05) is 20.2 Å². The summed E-state index contributed by atoms with van der Waals surface area (Å²) < 4.78 is 4.71. The van der Waals surface area contributed by atoms with Crippen LogP contribution in [-0.4, -0.2) is 37.1 Å². The van der Waals surface area contributed by atoms with Gasteiger partial charge in [-0.1, -0.05) is 30.3 Å². The quantitative estimate of drug-likeness (QED) is 0.695. The Morgan fingerprint density at radius 2 is 1.94 bits per heavy atom. The van der Waals surface area contributed by atoms with Gasteiger partial charge < -0.3 is 4.74 Å². The molecular formula is C15H23NO2. The molecule has 0 radical (unpaired) electrons. The molecule has 3 nitrogen and oxygen atoms in total. The van der Waals surface area contributed by atoms with E-state index in [2.05, 4.69) is 43.0 Å². The lowest BCUT2D eigenvalue weighted by Crippen LogP contribution is -2.37. The molecular weight excluding hydrogens is 226 g/mol. The summed E-state index contributed by atoms with van der Waals surface area (Å²) in [7, 11) is 1.44. The molecule has 0 saturated carbocycles. The first-order valence-corrected chi connectivity index (χ1v) is 6.48. The van der Waals surface area contributed by atoms with Crippen LogP contribution in [0.3, 0.4) is 0 Å². The van der Waals surface area contributed by atoms with Crippen LogP contribution in [0.1, 0.15) is 25.8 Å². The van der Waals surface area contributed by atoms with Crippen molar-refractivity contribution >= 4 is 5.97 Å². The second-order valence-electron chi connectivity index (χ2n) is 4.73. The minimum atomic E-state index is -0.164.